The molecule has 4 rings (SSSR count). The molecular formula is C19H24N4O3S. The fourth-order valence-electron chi connectivity index (χ4n) is 3.60. The van der Waals surface area contributed by atoms with Crippen molar-refractivity contribution in [3.8, 4) is 0 Å². The molecule has 0 bridgehead atoms. The van der Waals surface area contributed by atoms with Crippen molar-refractivity contribution in [3.05, 3.63) is 47.5 Å². The van der Waals surface area contributed by atoms with Crippen molar-refractivity contribution in [2.45, 2.75) is 44.1 Å². The summed E-state index contributed by atoms with van der Waals surface area (Å²) in [5.74, 6) is 0.550. The molecule has 1 N–H and O–H groups in total. The molecule has 27 heavy (non-hydrogen) atoms. The van der Waals surface area contributed by atoms with Crippen LogP contribution < -0.4 is 5.32 Å². The molecule has 8 heteroatoms. The molecule has 7 nitrogen and oxygen atoms in total. The number of nitrogens with one attached hydrogen (secondary N) is 1. The van der Waals surface area contributed by atoms with Crippen LogP contribution in [-0.4, -0.2) is 47.1 Å². The lowest BCUT2D eigenvalue weighted by Gasteiger charge is -2.12. The summed E-state index contributed by atoms with van der Waals surface area (Å²) in [7, 11) is -2.99. The van der Waals surface area contributed by atoms with Crippen LogP contribution in [0.3, 0.4) is 0 Å². The summed E-state index contributed by atoms with van der Waals surface area (Å²) in [6, 6.07) is 5.63. The Morgan fingerprint density at radius 2 is 2.15 bits per heavy atom. The zero-order valence-corrected chi connectivity index (χ0v) is 16.0. The lowest BCUT2D eigenvalue weighted by molar-refractivity contribution is 0.0947. The highest BCUT2D eigenvalue weighted by Gasteiger charge is 2.36. The summed E-state index contributed by atoms with van der Waals surface area (Å²) < 4.78 is 25.4. The van der Waals surface area contributed by atoms with Crippen molar-refractivity contribution in [1.29, 1.82) is 0 Å². The first-order valence-electron chi connectivity index (χ1n) is 9.49. The third kappa shape index (κ3) is 4.37. The number of carbonyl (C=O) groups excluding carboxylic acids is 1. The van der Waals surface area contributed by atoms with Gasteiger partial charge in [-0.05, 0) is 49.8 Å². The normalized spacial score (nSPS) is 21.3. The van der Waals surface area contributed by atoms with Gasteiger partial charge in [-0.15, -0.1) is 0 Å². The van der Waals surface area contributed by atoms with Gasteiger partial charge in [0, 0.05) is 30.6 Å². The van der Waals surface area contributed by atoms with Gasteiger partial charge >= 0.3 is 0 Å². The number of amides is 1. The fourth-order valence-corrected chi connectivity index (χ4v) is 5.29. The van der Waals surface area contributed by atoms with E-state index in [9.17, 15) is 13.2 Å². The van der Waals surface area contributed by atoms with Crippen molar-refractivity contribution in [2.24, 2.45) is 0 Å². The summed E-state index contributed by atoms with van der Waals surface area (Å²) in [6.07, 6.45) is 8.00. The molecule has 1 atom stereocenters. The van der Waals surface area contributed by atoms with Crippen LogP contribution in [0.25, 0.3) is 0 Å². The Balaban J connectivity index is 1.38. The second-order valence-corrected chi connectivity index (χ2v) is 9.68. The molecule has 1 aliphatic carbocycles. The number of hydrogen-bond acceptors (Lipinski definition) is 5. The molecule has 0 spiro atoms. The predicted molar refractivity (Wildman–Crippen MR) is 101 cm³/mol. The van der Waals surface area contributed by atoms with E-state index in [1.165, 1.54) is 0 Å². The maximum Gasteiger partial charge on any atom is 0.271 e. The van der Waals surface area contributed by atoms with Crippen LogP contribution in [0.1, 0.15) is 59.4 Å². The zero-order valence-electron chi connectivity index (χ0n) is 15.2. The SMILES string of the molecule is O=C(NCCCc1cccnc1)c1cc(C2CC2)n(C2CCS(=O)(=O)C2)n1. The number of rotatable bonds is 7. The van der Waals surface area contributed by atoms with Gasteiger partial charge in [0.2, 0.25) is 0 Å². The molecule has 3 heterocycles. The van der Waals surface area contributed by atoms with E-state index < -0.39 is 9.84 Å². The van der Waals surface area contributed by atoms with E-state index in [1.807, 2.05) is 29.1 Å². The molecule has 2 fully saturated rings. The molecule has 0 radical (unpaired) electrons. The molecular weight excluding hydrogens is 364 g/mol. The minimum Gasteiger partial charge on any atom is -0.351 e. The van der Waals surface area contributed by atoms with Gasteiger partial charge in [0.15, 0.2) is 9.84 Å². The molecule has 1 aliphatic heterocycles. The third-order valence-electron chi connectivity index (χ3n) is 5.20. The average molecular weight is 388 g/mol. The standard InChI is InChI=1S/C19H24N4O3S/c24-19(21-9-2-4-14-3-1-8-20-12-14)17-11-18(15-5-6-15)23(22-17)16-7-10-27(25,26)13-16/h1,3,8,11-12,15-16H,2,4-7,9-10,13H2,(H,21,24). The van der Waals surface area contributed by atoms with E-state index >= 15 is 0 Å². The van der Waals surface area contributed by atoms with Crippen LogP contribution in [0.4, 0.5) is 0 Å². The van der Waals surface area contributed by atoms with Gasteiger partial charge in [0.25, 0.3) is 5.91 Å². The smallest absolute Gasteiger partial charge is 0.271 e. The van der Waals surface area contributed by atoms with E-state index in [0.29, 0.717) is 24.6 Å². The van der Waals surface area contributed by atoms with Gasteiger partial charge in [-0.3, -0.25) is 14.5 Å². The number of sulfone groups is 1. The van der Waals surface area contributed by atoms with E-state index in [4.69, 9.17) is 0 Å². The maximum atomic E-state index is 12.5. The van der Waals surface area contributed by atoms with Crippen LogP contribution in [0.2, 0.25) is 0 Å². The Morgan fingerprint density at radius 1 is 1.30 bits per heavy atom. The van der Waals surface area contributed by atoms with Gasteiger partial charge in [0.1, 0.15) is 5.69 Å². The number of hydrogen-bond donors (Lipinski definition) is 1. The Hall–Kier alpha value is -2.22. The molecule has 2 aromatic heterocycles. The highest BCUT2D eigenvalue weighted by molar-refractivity contribution is 7.91. The average Bonchev–Trinajstić information content (AvgIpc) is 3.30. The Morgan fingerprint density at radius 3 is 2.81 bits per heavy atom. The molecule has 2 aliphatic rings. The molecule has 1 saturated carbocycles. The van der Waals surface area contributed by atoms with E-state index in [1.54, 1.807) is 6.20 Å². The van der Waals surface area contributed by atoms with E-state index in [-0.39, 0.29) is 23.5 Å². The lowest BCUT2D eigenvalue weighted by Crippen LogP contribution is -2.25. The Labute approximate surface area is 159 Å². The zero-order chi connectivity index (χ0) is 18.9. The highest BCUT2D eigenvalue weighted by Crippen LogP contribution is 2.42. The van der Waals surface area contributed by atoms with Gasteiger partial charge in [-0.1, -0.05) is 6.07 Å². The van der Waals surface area contributed by atoms with Gasteiger partial charge in [0.05, 0.1) is 17.5 Å². The largest absolute Gasteiger partial charge is 0.351 e. The molecule has 1 amide bonds. The first-order chi connectivity index (χ1) is 13.0. The summed E-state index contributed by atoms with van der Waals surface area (Å²) in [5.41, 5.74) is 2.55. The lowest BCUT2D eigenvalue weighted by atomic mass is 10.1. The van der Waals surface area contributed by atoms with Crippen molar-refractivity contribution < 1.29 is 13.2 Å². The Bertz CT molecular complexity index is 920. The van der Waals surface area contributed by atoms with Crippen LogP contribution in [-0.2, 0) is 16.3 Å². The summed E-state index contributed by atoms with van der Waals surface area (Å²) in [6.45, 7) is 0.567. The summed E-state index contributed by atoms with van der Waals surface area (Å²) >= 11 is 0. The number of carbonyl (C=O) groups is 1. The molecule has 0 aromatic carbocycles. The van der Waals surface area contributed by atoms with Crippen LogP contribution in [0.5, 0.6) is 0 Å². The first-order valence-corrected chi connectivity index (χ1v) is 11.3. The minimum absolute atomic E-state index is 0.126. The number of pyridine rings is 1. The second-order valence-electron chi connectivity index (χ2n) is 7.45. The van der Waals surface area contributed by atoms with Gasteiger partial charge < -0.3 is 5.32 Å². The Kier molecular flexibility index (Phi) is 4.99. The van der Waals surface area contributed by atoms with Gasteiger partial charge in [-0.25, -0.2) is 8.42 Å². The van der Waals surface area contributed by atoms with Crippen LogP contribution in [0, 0.1) is 0 Å². The monoisotopic (exact) mass is 388 g/mol. The molecule has 144 valence electrons. The second kappa shape index (κ2) is 7.42. The third-order valence-corrected chi connectivity index (χ3v) is 6.95. The van der Waals surface area contributed by atoms with E-state index in [2.05, 4.69) is 15.4 Å². The van der Waals surface area contributed by atoms with Crippen molar-refractivity contribution in [2.75, 3.05) is 18.1 Å². The summed E-state index contributed by atoms with van der Waals surface area (Å²) in [4.78, 5) is 16.6. The minimum atomic E-state index is -2.99. The maximum absolute atomic E-state index is 12.5. The van der Waals surface area contributed by atoms with Crippen molar-refractivity contribution in [1.82, 2.24) is 20.1 Å². The van der Waals surface area contributed by atoms with Crippen LogP contribution >= 0.6 is 0 Å². The number of nitrogens with zero attached hydrogens (tertiary/aromatic N) is 3. The number of aryl methyl sites for hydroxylation is 1. The van der Waals surface area contributed by atoms with Crippen molar-refractivity contribution in [3.63, 3.8) is 0 Å². The van der Waals surface area contributed by atoms with E-state index in [0.717, 1.165) is 36.9 Å². The summed E-state index contributed by atoms with van der Waals surface area (Å²) in [5, 5.41) is 7.41. The fraction of sp³-hybridized carbons (Fsp3) is 0.526. The highest BCUT2D eigenvalue weighted by atomic mass is 32.2. The molecule has 1 saturated heterocycles. The van der Waals surface area contributed by atoms with Gasteiger partial charge in [-0.2, -0.15) is 5.10 Å². The first kappa shape index (κ1) is 18.2. The van der Waals surface area contributed by atoms with Crippen LogP contribution in [0.15, 0.2) is 30.6 Å². The number of aromatic nitrogens is 3. The molecule has 1 unspecified atom stereocenters. The topological polar surface area (TPSA) is 94.0 Å². The quantitative estimate of drug-likeness (QED) is 0.731. The predicted octanol–water partition coefficient (Wildman–Crippen LogP) is 1.88. The van der Waals surface area contributed by atoms with Crippen molar-refractivity contribution >= 4 is 15.7 Å². The molecule has 2 aromatic rings.